The third kappa shape index (κ3) is 3.03. The van der Waals surface area contributed by atoms with Gasteiger partial charge in [-0.05, 0) is 23.0 Å². The summed E-state index contributed by atoms with van der Waals surface area (Å²) < 4.78 is 0. The fourth-order valence-electron chi connectivity index (χ4n) is 1.90. The Kier molecular flexibility index (Phi) is 3.75. The van der Waals surface area contributed by atoms with Crippen LogP contribution in [0.1, 0.15) is 58.2 Å². The Bertz CT molecular complexity index is 427. The van der Waals surface area contributed by atoms with E-state index in [9.17, 15) is 5.11 Å². The van der Waals surface area contributed by atoms with Crippen LogP contribution in [0, 0.1) is 0 Å². The van der Waals surface area contributed by atoms with Gasteiger partial charge in [0.1, 0.15) is 12.0 Å². The van der Waals surface area contributed by atoms with Crippen molar-refractivity contribution >= 4 is 6.21 Å². The quantitative estimate of drug-likeness (QED) is 0.452. The molecule has 2 N–H and O–H groups in total. The molecule has 3 heteroatoms. The topological polar surface area (TPSA) is 52.8 Å². The van der Waals surface area contributed by atoms with Gasteiger partial charge < -0.3 is 10.3 Å². The molecule has 1 aromatic rings. The molecule has 0 aliphatic heterocycles. The summed E-state index contributed by atoms with van der Waals surface area (Å²) in [7, 11) is 0. The van der Waals surface area contributed by atoms with Crippen molar-refractivity contribution in [3.8, 4) is 5.75 Å². The predicted octanol–water partition coefficient (Wildman–Crippen LogP) is 3.67. The minimum Gasteiger partial charge on any atom is -0.507 e. The van der Waals surface area contributed by atoms with Gasteiger partial charge in [0.15, 0.2) is 0 Å². The van der Waals surface area contributed by atoms with E-state index in [4.69, 9.17) is 5.21 Å². The van der Waals surface area contributed by atoms with Crippen molar-refractivity contribution in [2.45, 2.75) is 52.4 Å². The van der Waals surface area contributed by atoms with Gasteiger partial charge >= 0.3 is 0 Å². The van der Waals surface area contributed by atoms with Gasteiger partial charge in [0.05, 0.1) is 0 Å². The van der Waals surface area contributed by atoms with Crippen LogP contribution in [-0.4, -0.2) is 16.5 Å². The number of nitrogens with zero attached hydrogens (tertiary/aromatic N) is 1. The molecular weight excluding hydrogens is 226 g/mol. The summed E-state index contributed by atoms with van der Waals surface area (Å²) in [6.07, 6.45) is 2.53. The Balaban J connectivity index is 3.59. The van der Waals surface area contributed by atoms with Crippen molar-refractivity contribution in [3.63, 3.8) is 0 Å². The van der Waals surface area contributed by atoms with Gasteiger partial charge in [0.2, 0.25) is 0 Å². The summed E-state index contributed by atoms with van der Waals surface area (Å²) in [4.78, 5) is 0. The lowest BCUT2D eigenvalue weighted by Crippen LogP contribution is -2.17. The molecule has 1 aromatic carbocycles. The molecule has 3 nitrogen and oxygen atoms in total. The second kappa shape index (κ2) is 4.63. The van der Waals surface area contributed by atoms with Gasteiger partial charge in [0, 0.05) is 16.7 Å². The first-order valence-corrected chi connectivity index (χ1v) is 6.05. The molecule has 0 aromatic heterocycles. The Hall–Kier alpha value is -1.51. The first kappa shape index (κ1) is 14.6. The molecule has 0 bridgehead atoms. The third-order valence-electron chi connectivity index (χ3n) is 2.91. The Morgan fingerprint density at radius 1 is 0.944 bits per heavy atom. The highest BCUT2D eigenvalue weighted by atomic mass is 16.4. The molecule has 0 aliphatic rings. The highest BCUT2D eigenvalue weighted by Crippen LogP contribution is 2.39. The molecule has 0 spiro atoms. The predicted molar refractivity (Wildman–Crippen MR) is 73.8 cm³/mol. The van der Waals surface area contributed by atoms with Crippen LogP contribution < -0.4 is 0 Å². The van der Waals surface area contributed by atoms with Crippen molar-refractivity contribution in [1.29, 1.82) is 0 Å². The van der Waals surface area contributed by atoms with Gasteiger partial charge in [-0.15, -0.1) is 0 Å². The molecule has 0 heterocycles. The number of hydrogen-bond donors (Lipinski definition) is 2. The summed E-state index contributed by atoms with van der Waals surface area (Å²) in [6.45, 7) is 12.2. The second-order valence-electron chi connectivity index (χ2n) is 6.63. The molecule has 0 aliphatic carbocycles. The van der Waals surface area contributed by atoms with Crippen LogP contribution in [0.5, 0.6) is 5.75 Å². The van der Waals surface area contributed by atoms with E-state index in [0.717, 1.165) is 11.1 Å². The van der Waals surface area contributed by atoms with Crippen LogP contribution in [0.15, 0.2) is 17.3 Å². The van der Waals surface area contributed by atoms with E-state index in [2.05, 4.69) is 11.4 Å². The number of benzene rings is 1. The fourth-order valence-corrected chi connectivity index (χ4v) is 1.90. The standard InChI is InChI=1S/C15H22NO2/c1-14(2,3)11-7-10(9-16-18)8-12(13(11)17)15(4,5)6/h7-8,17-18H,1-6H3. The van der Waals surface area contributed by atoms with Crippen LogP contribution in [0.3, 0.4) is 0 Å². The largest absolute Gasteiger partial charge is 0.507 e. The summed E-state index contributed by atoms with van der Waals surface area (Å²) in [5.41, 5.74) is 1.97. The summed E-state index contributed by atoms with van der Waals surface area (Å²) >= 11 is 0. The Labute approximate surface area is 109 Å². The molecule has 0 atom stereocenters. The van der Waals surface area contributed by atoms with Crippen LogP contribution in [0.4, 0.5) is 0 Å². The molecule has 99 valence electrons. The molecule has 18 heavy (non-hydrogen) atoms. The number of phenolic OH excluding ortho intramolecular Hbond substituents is 1. The van der Waals surface area contributed by atoms with Gasteiger partial charge in [-0.2, -0.15) is 0 Å². The van der Waals surface area contributed by atoms with Crippen molar-refractivity contribution in [3.05, 3.63) is 28.8 Å². The fraction of sp³-hybridized carbons (Fsp3) is 0.533. The van der Waals surface area contributed by atoms with Crippen LogP contribution in [-0.2, 0) is 10.8 Å². The lowest BCUT2D eigenvalue weighted by atomic mass is 9.78. The zero-order chi connectivity index (χ0) is 14.1. The Morgan fingerprint density at radius 3 is 1.61 bits per heavy atom. The molecule has 0 amide bonds. The normalized spacial score (nSPS) is 13.2. The van der Waals surface area contributed by atoms with Gasteiger partial charge in [-0.3, -0.25) is 0 Å². The van der Waals surface area contributed by atoms with E-state index < -0.39 is 0 Å². The van der Waals surface area contributed by atoms with Gasteiger partial charge in [0.25, 0.3) is 0 Å². The zero-order valence-corrected chi connectivity index (χ0v) is 12.0. The lowest BCUT2D eigenvalue weighted by Gasteiger charge is -2.27. The highest BCUT2D eigenvalue weighted by molar-refractivity contribution is 5.81. The smallest absolute Gasteiger partial charge is 0.139 e. The van der Waals surface area contributed by atoms with Crippen molar-refractivity contribution in [2.24, 2.45) is 5.16 Å². The van der Waals surface area contributed by atoms with E-state index in [1.165, 1.54) is 0 Å². The first-order valence-electron chi connectivity index (χ1n) is 6.05. The minimum atomic E-state index is -0.183. The van der Waals surface area contributed by atoms with Crippen molar-refractivity contribution < 1.29 is 10.3 Å². The monoisotopic (exact) mass is 248 g/mol. The zero-order valence-electron chi connectivity index (χ0n) is 12.0. The van der Waals surface area contributed by atoms with Crippen LogP contribution >= 0.6 is 0 Å². The average molecular weight is 248 g/mol. The molecule has 0 fully saturated rings. The number of phenols is 1. The van der Waals surface area contributed by atoms with Crippen molar-refractivity contribution in [2.75, 3.05) is 0 Å². The maximum Gasteiger partial charge on any atom is 0.139 e. The number of hydrogen-bond acceptors (Lipinski definition) is 3. The summed E-state index contributed by atoms with van der Waals surface area (Å²) in [5, 5.41) is 22.0. The third-order valence-corrected chi connectivity index (χ3v) is 2.91. The maximum atomic E-state index is 10.4. The van der Waals surface area contributed by atoms with E-state index in [1.807, 2.05) is 53.7 Å². The van der Waals surface area contributed by atoms with E-state index in [-0.39, 0.29) is 10.8 Å². The highest BCUT2D eigenvalue weighted by Gasteiger charge is 2.26. The summed E-state index contributed by atoms with van der Waals surface area (Å²) in [6, 6.07) is 3.62. The number of rotatable bonds is 1. The first-order chi connectivity index (χ1) is 8.07. The summed E-state index contributed by atoms with van der Waals surface area (Å²) in [5.74, 6) is 0.318. The second-order valence-corrected chi connectivity index (χ2v) is 6.63. The molecule has 1 rings (SSSR count). The van der Waals surface area contributed by atoms with E-state index in [0.29, 0.717) is 11.3 Å². The van der Waals surface area contributed by atoms with E-state index >= 15 is 0 Å². The van der Waals surface area contributed by atoms with Gasteiger partial charge in [-0.25, -0.2) is 0 Å². The van der Waals surface area contributed by atoms with Gasteiger partial charge in [-0.1, -0.05) is 46.7 Å². The maximum absolute atomic E-state index is 10.4. The number of aromatic hydroxyl groups is 1. The molecule has 1 radical (unpaired) electrons. The molecule has 0 unspecified atom stereocenters. The Morgan fingerprint density at radius 2 is 1.33 bits per heavy atom. The SMILES string of the molecule is CC(C)(C)c1cc([C]=NO)cc(C(C)(C)C)c1O. The van der Waals surface area contributed by atoms with E-state index in [1.54, 1.807) is 0 Å². The van der Waals surface area contributed by atoms with Crippen LogP contribution in [0.25, 0.3) is 0 Å². The van der Waals surface area contributed by atoms with Crippen molar-refractivity contribution in [1.82, 2.24) is 0 Å². The van der Waals surface area contributed by atoms with Crippen LogP contribution in [0.2, 0.25) is 0 Å². The minimum absolute atomic E-state index is 0.183. The molecule has 0 saturated carbocycles. The lowest BCUT2D eigenvalue weighted by molar-refractivity contribution is 0.322. The average Bonchev–Trinajstić information content (AvgIpc) is 2.17. The molecule has 0 saturated heterocycles. The molecular formula is C15H22NO2.